The molecule has 0 heterocycles. The molecule has 0 fully saturated rings. The maximum Gasteiger partial charge on any atom is 0.407 e. The molecule has 0 aliphatic rings. The van der Waals surface area contributed by atoms with E-state index >= 15 is 0 Å². The van der Waals surface area contributed by atoms with Crippen molar-refractivity contribution in [2.75, 3.05) is 6.54 Å². The van der Waals surface area contributed by atoms with Gasteiger partial charge >= 0.3 is 6.09 Å². The Morgan fingerprint density at radius 3 is 2.71 bits per heavy atom. The number of benzene rings is 1. The van der Waals surface area contributed by atoms with Crippen molar-refractivity contribution in [1.82, 2.24) is 10.6 Å². The maximum atomic E-state index is 13.2. The van der Waals surface area contributed by atoms with Gasteiger partial charge in [0, 0.05) is 23.6 Å². The quantitative estimate of drug-likeness (QED) is 0.843. The van der Waals surface area contributed by atoms with Gasteiger partial charge in [-0.05, 0) is 51.5 Å². The van der Waals surface area contributed by atoms with Gasteiger partial charge in [-0.25, -0.2) is 9.18 Å². The van der Waals surface area contributed by atoms with Gasteiger partial charge in [-0.1, -0.05) is 15.9 Å². The molecule has 0 aliphatic heterocycles. The van der Waals surface area contributed by atoms with Crippen LogP contribution < -0.4 is 10.6 Å². The summed E-state index contributed by atoms with van der Waals surface area (Å²) in [5, 5.41) is 5.91. The molecule has 0 bridgehead atoms. The predicted octanol–water partition coefficient (Wildman–Crippen LogP) is 3.59. The van der Waals surface area contributed by atoms with Crippen molar-refractivity contribution in [2.45, 2.75) is 45.9 Å². The van der Waals surface area contributed by atoms with Crippen LogP contribution in [0.2, 0.25) is 0 Å². The second-order valence-corrected chi connectivity index (χ2v) is 6.75. The van der Waals surface area contributed by atoms with Crippen molar-refractivity contribution in [2.24, 2.45) is 0 Å². The normalized spacial score (nSPS) is 12.9. The van der Waals surface area contributed by atoms with Crippen molar-refractivity contribution in [3.63, 3.8) is 0 Å². The number of hydrogen-bond acceptors (Lipinski definition) is 3. The summed E-state index contributed by atoms with van der Waals surface area (Å²) in [5.41, 5.74) is 0.326. The van der Waals surface area contributed by atoms with Gasteiger partial charge in [0.25, 0.3) is 0 Å². The highest BCUT2D eigenvalue weighted by Crippen LogP contribution is 2.17. The lowest BCUT2D eigenvalue weighted by Gasteiger charge is -2.21. The fraction of sp³-hybridized carbons (Fsp3) is 0.533. The zero-order valence-corrected chi connectivity index (χ0v) is 14.4. The molecule has 0 spiro atoms. The first-order valence-electron chi connectivity index (χ1n) is 6.81. The van der Waals surface area contributed by atoms with E-state index in [4.69, 9.17) is 4.74 Å². The summed E-state index contributed by atoms with van der Waals surface area (Å²) < 4.78 is 19.2. The van der Waals surface area contributed by atoms with E-state index in [0.29, 0.717) is 13.1 Å². The van der Waals surface area contributed by atoms with E-state index in [0.717, 1.165) is 10.0 Å². The molecule has 0 radical (unpaired) electrons. The fourth-order valence-corrected chi connectivity index (χ4v) is 1.97. The minimum Gasteiger partial charge on any atom is -0.444 e. The van der Waals surface area contributed by atoms with Crippen LogP contribution in [0.1, 0.15) is 33.3 Å². The molecule has 0 saturated carbocycles. The first-order valence-corrected chi connectivity index (χ1v) is 7.61. The second kappa shape index (κ2) is 7.75. The number of amides is 1. The summed E-state index contributed by atoms with van der Waals surface area (Å²) >= 11 is 3.38. The van der Waals surface area contributed by atoms with Crippen LogP contribution in [0.25, 0.3) is 0 Å². The maximum absolute atomic E-state index is 13.2. The molecule has 1 aromatic rings. The van der Waals surface area contributed by atoms with Gasteiger partial charge in [0.15, 0.2) is 0 Å². The summed E-state index contributed by atoms with van der Waals surface area (Å²) in [5.74, 6) is -0.269. The third-order valence-electron chi connectivity index (χ3n) is 2.60. The minimum atomic E-state index is -0.507. The Bertz CT molecular complexity index is 489. The van der Waals surface area contributed by atoms with Gasteiger partial charge in [-0.3, -0.25) is 0 Å². The summed E-state index contributed by atoms with van der Waals surface area (Å²) in [6.07, 6.45) is -0.442. The topological polar surface area (TPSA) is 50.4 Å². The van der Waals surface area contributed by atoms with Crippen LogP contribution in [0.4, 0.5) is 9.18 Å². The van der Waals surface area contributed by atoms with Gasteiger partial charge in [0.2, 0.25) is 0 Å². The predicted molar refractivity (Wildman–Crippen MR) is 84.6 cm³/mol. The Morgan fingerprint density at radius 2 is 2.10 bits per heavy atom. The molecule has 1 amide bonds. The average Bonchev–Trinajstić information content (AvgIpc) is 2.35. The van der Waals surface area contributed by atoms with Crippen LogP contribution in [0.5, 0.6) is 0 Å². The number of ether oxygens (including phenoxy) is 1. The van der Waals surface area contributed by atoms with Crippen LogP contribution >= 0.6 is 15.9 Å². The van der Waals surface area contributed by atoms with Crippen LogP contribution in [0.15, 0.2) is 22.7 Å². The van der Waals surface area contributed by atoms with Gasteiger partial charge < -0.3 is 15.4 Å². The molecule has 1 unspecified atom stereocenters. The minimum absolute atomic E-state index is 0.0349. The number of halogens is 2. The van der Waals surface area contributed by atoms with Gasteiger partial charge in [0.1, 0.15) is 11.4 Å². The van der Waals surface area contributed by atoms with E-state index in [1.807, 2.05) is 27.7 Å². The third-order valence-corrected chi connectivity index (χ3v) is 3.37. The summed E-state index contributed by atoms with van der Waals surface area (Å²) in [6, 6.07) is 4.59. The molecule has 1 atom stereocenters. The molecule has 0 aromatic heterocycles. The lowest BCUT2D eigenvalue weighted by atomic mass is 10.2. The van der Waals surface area contributed by atoms with E-state index in [9.17, 15) is 9.18 Å². The Kier molecular flexibility index (Phi) is 6.61. The summed E-state index contributed by atoms with van der Waals surface area (Å²) in [6.45, 7) is 8.32. The van der Waals surface area contributed by atoms with Crippen LogP contribution in [-0.2, 0) is 11.3 Å². The first-order chi connectivity index (χ1) is 9.67. The molecule has 21 heavy (non-hydrogen) atoms. The van der Waals surface area contributed by atoms with Crippen molar-refractivity contribution < 1.29 is 13.9 Å². The van der Waals surface area contributed by atoms with Gasteiger partial charge in [-0.2, -0.15) is 0 Å². The van der Waals surface area contributed by atoms with Crippen LogP contribution in [0.3, 0.4) is 0 Å². The van der Waals surface area contributed by atoms with E-state index in [1.165, 1.54) is 12.1 Å². The molecular weight excluding hydrogens is 339 g/mol. The number of rotatable bonds is 5. The highest BCUT2D eigenvalue weighted by molar-refractivity contribution is 9.10. The molecular formula is C15H22BrFN2O2. The van der Waals surface area contributed by atoms with E-state index < -0.39 is 11.7 Å². The summed E-state index contributed by atoms with van der Waals surface area (Å²) in [4.78, 5) is 11.5. The fourth-order valence-electron chi connectivity index (χ4n) is 1.59. The third kappa shape index (κ3) is 7.43. The lowest BCUT2D eigenvalue weighted by molar-refractivity contribution is 0.0523. The van der Waals surface area contributed by atoms with E-state index in [2.05, 4.69) is 26.6 Å². The molecule has 6 heteroatoms. The number of carbonyl (C=O) groups is 1. The Morgan fingerprint density at radius 1 is 1.43 bits per heavy atom. The SMILES string of the molecule is CC(CNC(=O)OC(C)(C)C)NCc1cc(F)ccc1Br. The van der Waals surface area contributed by atoms with E-state index in [-0.39, 0.29) is 11.9 Å². The molecule has 0 saturated heterocycles. The van der Waals surface area contributed by atoms with E-state index in [1.54, 1.807) is 6.07 Å². The standard InChI is InChI=1S/C15H22BrFN2O2/c1-10(8-19-14(20)21-15(2,3)4)18-9-11-7-12(17)5-6-13(11)16/h5-7,10,18H,8-9H2,1-4H3,(H,19,20). The average molecular weight is 361 g/mol. The lowest BCUT2D eigenvalue weighted by Crippen LogP contribution is -2.41. The molecule has 1 rings (SSSR count). The first kappa shape index (κ1) is 17.9. The Balaban J connectivity index is 2.36. The number of carbonyl (C=O) groups excluding carboxylic acids is 1. The van der Waals surface area contributed by atoms with Crippen molar-refractivity contribution >= 4 is 22.0 Å². The Labute approximate surface area is 133 Å². The Hall–Kier alpha value is -1.14. The number of nitrogens with one attached hydrogen (secondary N) is 2. The van der Waals surface area contributed by atoms with Gasteiger partial charge in [0.05, 0.1) is 0 Å². The number of hydrogen-bond donors (Lipinski definition) is 2. The van der Waals surface area contributed by atoms with Crippen LogP contribution in [-0.4, -0.2) is 24.3 Å². The molecule has 1 aromatic carbocycles. The summed E-state index contributed by atoms with van der Waals surface area (Å²) in [7, 11) is 0. The molecule has 118 valence electrons. The second-order valence-electron chi connectivity index (χ2n) is 5.90. The monoisotopic (exact) mass is 360 g/mol. The highest BCUT2D eigenvalue weighted by atomic mass is 79.9. The number of alkyl carbamates (subject to hydrolysis) is 1. The zero-order valence-electron chi connectivity index (χ0n) is 12.8. The largest absolute Gasteiger partial charge is 0.444 e. The molecule has 2 N–H and O–H groups in total. The molecule has 4 nitrogen and oxygen atoms in total. The molecule has 0 aliphatic carbocycles. The van der Waals surface area contributed by atoms with Crippen molar-refractivity contribution in [3.05, 3.63) is 34.1 Å². The van der Waals surface area contributed by atoms with Crippen molar-refractivity contribution in [3.8, 4) is 0 Å². The smallest absolute Gasteiger partial charge is 0.407 e. The van der Waals surface area contributed by atoms with Crippen molar-refractivity contribution in [1.29, 1.82) is 0 Å². The van der Waals surface area contributed by atoms with Gasteiger partial charge in [-0.15, -0.1) is 0 Å². The highest BCUT2D eigenvalue weighted by Gasteiger charge is 2.16. The zero-order chi connectivity index (χ0) is 16.0. The van der Waals surface area contributed by atoms with Crippen LogP contribution in [0, 0.1) is 5.82 Å².